The zero-order chi connectivity index (χ0) is 11.1. The molecule has 0 nitrogen and oxygen atoms in total. The first-order valence-electron chi connectivity index (χ1n) is 5.70. The normalized spacial score (nSPS) is 18.9. The van der Waals surface area contributed by atoms with E-state index in [1.165, 1.54) is 12.8 Å². The Morgan fingerprint density at radius 3 is 2.18 bits per heavy atom. The van der Waals surface area contributed by atoms with Gasteiger partial charge in [0, 0.05) is 0 Å². The van der Waals surface area contributed by atoms with E-state index >= 15 is 0 Å². The maximum atomic E-state index is 2.59. The van der Waals surface area contributed by atoms with Crippen LogP contribution in [0.4, 0.5) is 0 Å². The van der Waals surface area contributed by atoms with Gasteiger partial charge in [-0.2, -0.15) is 0 Å². The Kier molecular flexibility index (Phi) is 5.95. The second-order valence-corrected chi connectivity index (χ2v) is 34.6. The molecular formula is C13H22Cl2SiZr. The molecule has 0 aromatic rings. The van der Waals surface area contributed by atoms with Gasteiger partial charge in [0.15, 0.2) is 0 Å². The van der Waals surface area contributed by atoms with Crippen LogP contribution in [0, 0.1) is 0 Å². The van der Waals surface area contributed by atoms with E-state index in [0.717, 1.165) is 0 Å². The summed E-state index contributed by atoms with van der Waals surface area (Å²) in [6.07, 6.45) is 14.0. The Labute approximate surface area is 120 Å². The fraction of sp³-hybridized carbons (Fsp3) is 0.385. The van der Waals surface area contributed by atoms with Gasteiger partial charge in [0.05, 0.1) is 0 Å². The van der Waals surface area contributed by atoms with Gasteiger partial charge in [0.1, 0.15) is 0 Å². The van der Waals surface area contributed by atoms with E-state index in [2.05, 4.69) is 53.4 Å². The van der Waals surface area contributed by atoms with E-state index in [1.807, 2.05) is 0 Å². The summed E-state index contributed by atoms with van der Waals surface area (Å²) in [5.74, 6) is 0. The maximum Gasteiger partial charge on any atom is -0.147 e. The molecule has 0 radical (unpaired) electrons. The monoisotopic (exact) mass is 366 g/mol. The van der Waals surface area contributed by atoms with Crippen molar-refractivity contribution >= 4 is 31.7 Å². The SMILES string of the molecule is CC1=[C]([Zr]([CH3])([CH3])(=[SiH2])[C]2=CC=CC2)CC=C1.Cl.Cl. The van der Waals surface area contributed by atoms with E-state index in [9.17, 15) is 0 Å². The standard InChI is InChI=1S/C6H7.C5H5.2CH3.2ClH.H2Si.Zr/c1-6-4-2-3-5-6;1-2-4-5-3-1;;;;;;/h2,4H,3H2,1H3;1-3H,4H2;2*1H3;2*1H;1H2;. The van der Waals surface area contributed by atoms with Gasteiger partial charge >= 0.3 is 95.8 Å². The minimum absolute atomic E-state index is 0. The van der Waals surface area contributed by atoms with Crippen molar-refractivity contribution in [1.82, 2.24) is 0 Å². The average Bonchev–Trinajstić information content (AvgIpc) is 2.70. The third kappa shape index (κ3) is 3.15. The van der Waals surface area contributed by atoms with Gasteiger partial charge in [-0.1, -0.05) is 0 Å². The van der Waals surface area contributed by atoms with E-state index in [1.54, 1.807) is 12.1 Å². The molecule has 0 saturated heterocycles. The van der Waals surface area contributed by atoms with E-state index in [-0.39, 0.29) is 24.8 Å². The minimum atomic E-state index is -2.69. The molecule has 96 valence electrons. The molecule has 0 N–H and O–H groups in total. The Bertz CT molecular complexity index is 490. The van der Waals surface area contributed by atoms with Crippen LogP contribution in [-0.4, -0.2) is 6.88 Å². The molecule has 0 saturated carbocycles. The molecule has 0 aromatic carbocycles. The van der Waals surface area contributed by atoms with Gasteiger partial charge in [-0.25, -0.2) is 0 Å². The van der Waals surface area contributed by atoms with Crippen molar-refractivity contribution in [1.29, 1.82) is 0 Å². The Hall–Kier alpha value is 0.640. The summed E-state index contributed by atoms with van der Waals surface area (Å²) in [7, 11) is 0. The second kappa shape index (κ2) is 5.74. The second-order valence-electron chi connectivity index (χ2n) is 5.78. The molecule has 0 aromatic heterocycles. The van der Waals surface area contributed by atoms with Crippen molar-refractivity contribution in [3.05, 3.63) is 42.5 Å². The van der Waals surface area contributed by atoms with Crippen molar-refractivity contribution in [3.63, 3.8) is 0 Å². The Balaban J connectivity index is 0.00000128. The third-order valence-corrected chi connectivity index (χ3v) is 21.3. The van der Waals surface area contributed by atoms with Crippen LogP contribution in [0.15, 0.2) is 42.5 Å². The smallest absolute Gasteiger partial charge is 0.147 e. The van der Waals surface area contributed by atoms with Crippen LogP contribution < -0.4 is 0 Å². The fourth-order valence-electron chi connectivity index (χ4n) is 2.81. The molecule has 0 amide bonds. The molecule has 0 spiro atoms. The largest absolute Gasteiger partial charge is 0.147 e. The summed E-state index contributed by atoms with van der Waals surface area (Å²) >= 11 is -2.69. The van der Waals surface area contributed by atoms with Gasteiger partial charge in [-0.15, -0.1) is 24.8 Å². The number of halogens is 2. The van der Waals surface area contributed by atoms with Crippen LogP contribution in [0.2, 0.25) is 9.26 Å². The van der Waals surface area contributed by atoms with Crippen molar-refractivity contribution in [2.45, 2.75) is 29.0 Å². The van der Waals surface area contributed by atoms with Crippen LogP contribution in [0.1, 0.15) is 19.8 Å². The van der Waals surface area contributed by atoms with Crippen LogP contribution >= 0.6 is 24.8 Å². The number of rotatable bonds is 2. The molecule has 0 unspecified atom stereocenters. The van der Waals surface area contributed by atoms with Crippen molar-refractivity contribution in [3.8, 4) is 0 Å². The van der Waals surface area contributed by atoms with Gasteiger partial charge in [-0.3, -0.25) is 0 Å². The van der Waals surface area contributed by atoms with E-state index < -0.39 is 17.4 Å². The molecule has 2 rings (SSSR count). The average molecular weight is 369 g/mol. The fourth-order valence-corrected chi connectivity index (χ4v) is 16.5. The minimum Gasteiger partial charge on any atom is -0.147 e. The van der Waals surface area contributed by atoms with Gasteiger partial charge < -0.3 is 0 Å². The van der Waals surface area contributed by atoms with E-state index in [4.69, 9.17) is 0 Å². The third-order valence-electron chi connectivity index (χ3n) is 3.93. The predicted molar refractivity (Wildman–Crippen MR) is 83.1 cm³/mol. The Morgan fingerprint density at radius 1 is 1.12 bits per heavy atom. The van der Waals surface area contributed by atoms with Crippen molar-refractivity contribution in [2.75, 3.05) is 0 Å². The molecule has 2 aliphatic rings. The summed E-state index contributed by atoms with van der Waals surface area (Å²) in [4.78, 5) is 0. The summed E-state index contributed by atoms with van der Waals surface area (Å²) in [5.41, 5.74) is 1.55. The number of hydrogen-bond donors (Lipinski definition) is 0. The van der Waals surface area contributed by atoms with Crippen molar-refractivity contribution < 1.29 is 17.4 Å². The molecule has 0 fully saturated rings. The molecule has 0 bridgehead atoms. The van der Waals surface area contributed by atoms with Crippen molar-refractivity contribution in [2.24, 2.45) is 0 Å². The van der Waals surface area contributed by atoms with Crippen LogP contribution in [0.25, 0.3) is 0 Å². The molecule has 4 heteroatoms. The van der Waals surface area contributed by atoms with Crippen LogP contribution in [0.5, 0.6) is 0 Å². The molecule has 0 heterocycles. The number of allylic oxidation sites excluding steroid dienone is 8. The predicted octanol–water partition coefficient (Wildman–Crippen LogP) is 4.24. The van der Waals surface area contributed by atoms with Gasteiger partial charge in [-0.05, 0) is 0 Å². The summed E-state index contributed by atoms with van der Waals surface area (Å²) in [5, 5.41) is 0. The first-order valence-corrected chi connectivity index (χ1v) is 19.0. The zero-order valence-corrected chi connectivity index (χ0v) is 16.3. The number of hydrogen-bond acceptors (Lipinski definition) is 0. The summed E-state index contributed by atoms with van der Waals surface area (Å²) in [6, 6.07) is 0. The first-order chi connectivity index (χ1) is 6.90. The quantitative estimate of drug-likeness (QED) is 0.640. The zero-order valence-electron chi connectivity index (χ0n) is 10.8. The molecule has 0 aliphatic heterocycles. The van der Waals surface area contributed by atoms with Gasteiger partial charge in [0.25, 0.3) is 0 Å². The topological polar surface area (TPSA) is 0 Å². The van der Waals surface area contributed by atoms with E-state index in [0.29, 0.717) is 0 Å². The first kappa shape index (κ1) is 17.6. The molecule has 0 atom stereocenters. The van der Waals surface area contributed by atoms with Crippen LogP contribution in [-0.2, 0) is 17.4 Å². The Morgan fingerprint density at radius 2 is 1.76 bits per heavy atom. The van der Waals surface area contributed by atoms with Gasteiger partial charge in [0.2, 0.25) is 0 Å². The van der Waals surface area contributed by atoms with Crippen LogP contribution in [0.3, 0.4) is 0 Å². The summed E-state index contributed by atoms with van der Waals surface area (Å²) < 4.78 is 8.73. The maximum absolute atomic E-state index is 2.69. The molecule has 2 aliphatic carbocycles. The molecule has 17 heavy (non-hydrogen) atoms. The molecular weight excluding hydrogens is 346 g/mol. The summed E-state index contributed by atoms with van der Waals surface area (Å²) in [6.45, 7) is 4.62.